The number of hydrogen-bond donors (Lipinski definition) is 0. The molecule has 0 unspecified atom stereocenters. The zero-order chi connectivity index (χ0) is 10.2. The number of alkyl halides is 2. The Hall–Kier alpha value is -0.640. The smallest absolute Gasteiger partial charge is 0.292 e. The molecule has 0 aliphatic carbocycles. The van der Waals surface area contributed by atoms with Crippen LogP contribution in [0.2, 0.25) is 5.35 Å². The average molecular weight is 210 g/mol. The summed E-state index contributed by atoms with van der Waals surface area (Å²) in [4.78, 5) is 3.43. The van der Waals surface area contributed by atoms with Gasteiger partial charge in [0.2, 0.25) is 0 Å². The lowest BCUT2D eigenvalue weighted by atomic mass is 9.92. The molecule has 0 amide bonds. The van der Waals surface area contributed by atoms with Crippen LogP contribution in [0.25, 0.3) is 0 Å². The van der Waals surface area contributed by atoms with Crippen molar-refractivity contribution in [1.82, 2.24) is 4.98 Å². The summed E-state index contributed by atoms with van der Waals surface area (Å²) >= 11 is 5.40. The molecule has 2 nitrogen and oxygen atoms in total. The Bertz CT molecular complexity index is 304. The van der Waals surface area contributed by atoms with Crippen LogP contribution in [0, 0.1) is 0 Å². The molecule has 0 saturated heterocycles. The maximum absolute atomic E-state index is 12.4. The molecule has 0 bridgehead atoms. The van der Waals surface area contributed by atoms with Crippen LogP contribution in [-0.2, 0) is 5.41 Å². The van der Waals surface area contributed by atoms with E-state index in [9.17, 15) is 8.78 Å². The lowest BCUT2D eigenvalue weighted by Gasteiger charge is -2.15. The predicted molar refractivity (Wildman–Crippen MR) is 45.2 cm³/mol. The summed E-state index contributed by atoms with van der Waals surface area (Å²) in [5.74, 6) is 0.146. The number of halogens is 3. The Balaban J connectivity index is 3.20. The van der Waals surface area contributed by atoms with E-state index in [0.717, 1.165) is 0 Å². The zero-order valence-corrected chi connectivity index (χ0v) is 8.32. The third-order valence-corrected chi connectivity index (χ3v) is 1.68. The molecule has 0 atom stereocenters. The summed E-state index contributed by atoms with van der Waals surface area (Å²) in [6.45, 7) is 5.28. The Morgan fingerprint density at radius 1 is 1.38 bits per heavy atom. The first kappa shape index (κ1) is 10.4. The quantitative estimate of drug-likeness (QED) is 0.707. The monoisotopic (exact) mass is 209 g/mol. The topological polar surface area (TPSA) is 26.0 Å². The van der Waals surface area contributed by atoms with Gasteiger partial charge in [0.05, 0.1) is 0 Å². The van der Waals surface area contributed by atoms with Gasteiger partial charge in [-0.05, 0) is 11.6 Å². The summed E-state index contributed by atoms with van der Waals surface area (Å²) in [5.41, 5.74) is -0.871. The summed E-state index contributed by atoms with van der Waals surface area (Å²) in [5, 5.41) is -0.236. The molecule has 1 aromatic rings. The fourth-order valence-corrected chi connectivity index (χ4v) is 1.16. The molecular formula is C8H10ClF2NO. The van der Waals surface area contributed by atoms with Crippen molar-refractivity contribution < 1.29 is 13.2 Å². The molecular weight excluding hydrogens is 200 g/mol. The van der Waals surface area contributed by atoms with Crippen molar-refractivity contribution in [3.8, 4) is 0 Å². The first-order valence-corrected chi connectivity index (χ1v) is 4.15. The van der Waals surface area contributed by atoms with Crippen LogP contribution in [0.15, 0.2) is 4.42 Å². The highest BCUT2D eigenvalue weighted by atomic mass is 35.5. The summed E-state index contributed by atoms with van der Waals surface area (Å²) < 4.78 is 29.7. The van der Waals surface area contributed by atoms with Crippen LogP contribution in [-0.4, -0.2) is 4.98 Å². The van der Waals surface area contributed by atoms with Crippen molar-refractivity contribution in [3.63, 3.8) is 0 Å². The van der Waals surface area contributed by atoms with Gasteiger partial charge in [-0.3, -0.25) is 0 Å². The third-order valence-electron chi connectivity index (χ3n) is 1.52. The standard InChI is InChI=1S/C8H10ClF2NO/c1-8(2,3)5-4(6(10)11)12-7(9)13-5/h6H,1-3H3. The van der Waals surface area contributed by atoms with Gasteiger partial charge >= 0.3 is 0 Å². The molecule has 0 fully saturated rings. The van der Waals surface area contributed by atoms with E-state index < -0.39 is 11.8 Å². The second kappa shape index (κ2) is 3.25. The van der Waals surface area contributed by atoms with E-state index in [-0.39, 0.29) is 16.8 Å². The van der Waals surface area contributed by atoms with Gasteiger partial charge in [0.15, 0.2) is 5.69 Å². The summed E-state index contributed by atoms with van der Waals surface area (Å²) in [7, 11) is 0. The Morgan fingerprint density at radius 2 is 1.92 bits per heavy atom. The van der Waals surface area contributed by atoms with Gasteiger partial charge in [-0.1, -0.05) is 20.8 Å². The minimum absolute atomic E-state index is 0.146. The number of hydrogen-bond acceptors (Lipinski definition) is 2. The van der Waals surface area contributed by atoms with Crippen LogP contribution in [0.5, 0.6) is 0 Å². The summed E-state index contributed by atoms with van der Waals surface area (Å²) in [6, 6.07) is 0. The van der Waals surface area contributed by atoms with Gasteiger partial charge in [0, 0.05) is 5.41 Å². The molecule has 0 saturated carbocycles. The van der Waals surface area contributed by atoms with Crippen molar-refractivity contribution in [2.24, 2.45) is 0 Å². The van der Waals surface area contributed by atoms with Gasteiger partial charge in [0.25, 0.3) is 11.8 Å². The molecule has 0 spiro atoms. The molecule has 1 heterocycles. The second-order valence-electron chi connectivity index (χ2n) is 3.73. The second-order valence-corrected chi connectivity index (χ2v) is 4.06. The molecule has 0 aliphatic rings. The Labute approximate surface area is 79.9 Å². The number of aromatic nitrogens is 1. The average Bonchev–Trinajstić information content (AvgIpc) is 2.29. The van der Waals surface area contributed by atoms with E-state index >= 15 is 0 Å². The zero-order valence-electron chi connectivity index (χ0n) is 7.57. The van der Waals surface area contributed by atoms with Crippen LogP contribution in [0.3, 0.4) is 0 Å². The van der Waals surface area contributed by atoms with Gasteiger partial charge < -0.3 is 4.42 Å². The molecule has 0 aliphatic heterocycles. The normalized spacial score (nSPS) is 12.5. The largest absolute Gasteiger partial charge is 0.432 e. The maximum Gasteiger partial charge on any atom is 0.292 e. The van der Waals surface area contributed by atoms with Crippen LogP contribution in [0.4, 0.5) is 8.78 Å². The van der Waals surface area contributed by atoms with Crippen molar-refractivity contribution in [2.75, 3.05) is 0 Å². The number of nitrogens with zero attached hydrogens (tertiary/aromatic N) is 1. The highest BCUT2D eigenvalue weighted by Crippen LogP contribution is 2.33. The van der Waals surface area contributed by atoms with E-state index in [1.54, 1.807) is 20.8 Å². The van der Waals surface area contributed by atoms with Crippen molar-refractivity contribution in [2.45, 2.75) is 32.6 Å². The molecule has 1 rings (SSSR count). The van der Waals surface area contributed by atoms with E-state index in [0.29, 0.717) is 0 Å². The SMILES string of the molecule is CC(C)(C)c1oc(Cl)nc1C(F)F. The lowest BCUT2D eigenvalue weighted by molar-refractivity contribution is 0.142. The number of rotatable bonds is 1. The first-order valence-electron chi connectivity index (χ1n) is 3.77. The van der Waals surface area contributed by atoms with Crippen molar-refractivity contribution in [3.05, 3.63) is 16.8 Å². The summed E-state index contributed by atoms with van der Waals surface area (Å²) in [6.07, 6.45) is -2.65. The molecule has 1 aromatic heterocycles. The van der Waals surface area contributed by atoms with E-state index in [4.69, 9.17) is 16.0 Å². The molecule has 5 heteroatoms. The predicted octanol–water partition coefficient (Wildman–Crippen LogP) is 3.56. The van der Waals surface area contributed by atoms with Crippen LogP contribution >= 0.6 is 11.6 Å². The van der Waals surface area contributed by atoms with E-state index in [1.807, 2.05) is 0 Å². The highest BCUT2D eigenvalue weighted by molar-refractivity contribution is 6.27. The van der Waals surface area contributed by atoms with Crippen molar-refractivity contribution >= 4 is 11.6 Å². The van der Waals surface area contributed by atoms with Gasteiger partial charge in [0.1, 0.15) is 5.76 Å². The first-order chi connectivity index (χ1) is 5.82. The van der Waals surface area contributed by atoms with Crippen LogP contribution in [0.1, 0.15) is 38.7 Å². The minimum Gasteiger partial charge on any atom is -0.432 e. The molecule has 0 radical (unpaired) electrons. The highest BCUT2D eigenvalue weighted by Gasteiger charge is 2.29. The Kier molecular flexibility index (Phi) is 2.61. The third kappa shape index (κ3) is 2.18. The molecule has 13 heavy (non-hydrogen) atoms. The minimum atomic E-state index is -2.65. The van der Waals surface area contributed by atoms with Crippen LogP contribution < -0.4 is 0 Å². The van der Waals surface area contributed by atoms with Gasteiger partial charge in [-0.2, -0.15) is 4.98 Å². The maximum atomic E-state index is 12.4. The van der Waals surface area contributed by atoms with Crippen molar-refractivity contribution in [1.29, 1.82) is 0 Å². The number of oxazole rings is 1. The fourth-order valence-electron chi connectivity index (χ4n) is 0.990. The molecule has 0 N–H and O–H groups in total. The van der Waals surface area contributed by atoms with Gasteiger partial charge in [-0.15, -0.1) is 0 Å². The molecule has 0 aromatic carbocycles. The molecule has 74 valence electrons. The lowest BCUT2D eigenvalue weighted by Crippen LogP contribution is -2.12. The van der Waals surface area contributed by atoms with E-state index in [1.165, 1.54) is 0 Å². The van der Waals surface area contributed by atoms with E-state index in [2.05, 4.69) is 4.98 Å². The van der Waals surface area contributed by atoms with Gasteiger partial charge in [-0.25, -0.2) is 8.78 Å². The fraction of sp³-hybridized carbons (Fsp3) is 0.625. The Morgan fingerprint density at radius 3 is 2.23 bits per heavy atom.